The van der Waals surface area contributed by atoms with Crippen LogP contribution in [-0.4, -0.2) is 121 Å². The number of hydrogen-bond acceptors (Lipinski definition) is 11. The average Bonchev–Trinajstić information content (AvgIpc) is 3.78. The number of hydrogen-bond donors (Lipinski definition) is 2. The van der Waals surface area contributed by atoms with Gasteiger partial charge in [0.2, 0.25) is 0 Å². The first-order chi connectivity index (χ1) is 32.7. The van der Waals surface area contributed by atoms with Crippen molar-refractivity contribution in [3.8, 4) is 0 Å². The molecular weight excluding hydrogens is 945 g/mol. The van der Waals surface area contributed by atoms with E-state index in [1.807, 2.05) is 20.8 Å². The Hall–Kier alpha value is -6.16. The van der Waals surface area contributed by atoms with E-state index in [-0.39, 0.29) is 71.8 Å². The number of hydroxylamine groups is 4. The number of carbonyl (C=O) groups excluding carboxylic acids is 6. The number of esters is 1. The third-order valence-corrected chi connectivity index (χ3v) is 12.5. The number of Topliss-reactive ketones (excluding diaryl/α,β-unsaturated/α-hetero) is 1. The second-order valence-electron chi connectivity index (χ2n) is 18.0. The van der Waals surface area contributed by atoms with Crippen molar-refractivity contribution in [1.29, 1.82) is 0 Å². The topological polar surface area (TPSA) is 203 Å². The van der Waals surface area contributed by atoms with Gasteiger partial charge in [-0.25, -0.2) is 28.5 Å². The van der Waals surface area contributed by atoms with E-state index in [4.69, 9.17) is 37.6 Å². The molecule has 4 aromatic rings. The van der Waals surface area contributed by atoms with Crippen LogP contribution in [0.15, 0.2) is 36.4 Å². The molecule has 69 heavy (non-hydrogen) atoms. The van der Waals surface area contributed by atoms with E-state index in [1.165, 1.54) is 48.5 Å². The highest BCUT2D eigenvalue weighted by Gasteiger charge is 2.38. The van der Waals surface area contributed by atoms with Gasteiger partial charge in [0, 0.05) is 80.8 Å². The van der Waals surface area contributed by atoms with Crippen molar-refractivity contribution in [2.24, 2.45) is 5.41 Å². The van der Waals surface area contributed by atoms with Gasteiger partial charge in [0.25, 0.3) is 11.8 Å². The molecule has 0 radical (unpaired) electrons. The summed E-state index contributed by atoms with van der Waals surface area (Å²) in [5, 5.41) is 16.8. The highest BCUT2D eigenvalue weighted by atomic mass is 35.5. The van der Waals surface area contributed by atoms with Crippen molar-refractivity contribution in [3.63, 3.8) is 0 Å². The number of nitrogens with zero attached hydrogens (tertiary/aromatic N) is 8. The standard InChI is InChI=1S/C24H29ClFN5O4.C22H25ClFN5O5/c1-24(2,3)20(32)8-6-15-12-31-21(22(33)29(4)35-15)16-13-30(10-9-19(16)28-31)23(34)27-14-5-7-18(26)17(25)11-14;1-3-33-19(30)7-5-14-11-29-20(21(31)27(2)34-14)15-12-28(9-8-18(15)26-29)22(32)25-13-4-6-17(24)16(23)10-13/h5,7,11,15H,6,8-10,12-13H2,1-4H3,(H,27,34);4,6,10,14H,3,5,7-9,11-12H2,1-2H3,(H,25,32). The van der Waals surface area contributed by atoms with Crippen LogP contribution in [0.2, 0.25) is 10.0 Å². The normalized spacial score (nSPS) is 17.9. The summed E-state index contributed by atoms with van der Waals surface area (Å²) in [6.07, 6.45) is 1.47. The Kier molecular flexibility index (Phi) is 15.6. The molecule has 2 unspecified atom stereocenters. The summed E-state index contributed by atoms with van der Waals surface area (Å²) in [5.74, 6) is -2.07. The zero-order valence-corrected chi connectivity index (χ0v) is 40.6. The number of halogens is 4. The molecule has 2 N–H and O–H groups in total. The zero-order chi connectivity index (χ0) is 49.9. The molecule has 2 aromatic heterocycles. The largest absolute Gasteiger partial charge is 0.466 e. The van der Waals surface area contributed by atoms with E-state index < -0.39 is 29.2 Å². The van der Waals surface area contributed by atoms with Gasteiger partial charge in [0.15, 0.2) is 0 Å². The van der Waals surface area contributed by atoms with Gasteiger partial charge >= 0.3 is 18.0 Å². The van der Waals surface area contributed by atoms with E-state index in [1.54, 1.807) is 33.1 Å². The number of benzene rings is 2. The van der Waals surface area contributed by atoms with Crippen molar-refractivity contribution in [3.05, 3.63) is 92.0 Å². The Labute approximate surface area is 406 Å². The third kappa shape index (κ3) is 11.8. The number of fused-ring (bicyclic) bond motifs is 6. The fourth-order valence-electron chi connectivity index (χ4n) is 8.26. The van der Waals surface area contributed by atoms with Crippen LogP contribution in [0.25, 0.3) is 0 Å². The van der Waals surface area contributed by atoms with Crippen molar-refractivity contribution in [1.82, 2.24) is 39.5 Å². The summed E-state index contributed by atoms with van der Waals surface area (Å²) in [6.45, 7) is 9.49. The second-order valence-corrected chi connectivity index (χ2v) is 18.8. The first kappa shape index (κ1) is 50.7. The molecule has 4 aliphatic heterocycles. The highest BCUT2D eigenvalue weighted by molar-refractivity contribution is 6.31. The summed E-state index contributed by atoms with van der Waals surface area (Å²) in [5.41, 5.74) is 3.89. The van der Waals surface area contributed by atoms with Crippen LogP contribution in [0.3, 0.4) is 0 Å². The molecule has 0 aliphatic carbocycles. The van der Waals surface area contributed by atoms with Crippen LogP contribution in [0, 0.1) is 17.0 Å². The summed E-state index contributed by atoms with van der Waals surface area (Å²) in [6, 6.07) is 7.11. The number of amides is 6. The molecule has 0 saturated heterocycles. The molecule has 2 aromatic carbocycles. The summed E-state index contributed by atoms with van der Waals surface area (Å²) in [7, 11) is 3.06. The summed E-state index contributed by atoms with van der Waals surface area (Å²) < 4.78 is 35.0. The average molecular weight is 1000 g/mol. The minimum atomic E-state index is -0.574. The van der Waals surface area contributed by atoms with Gasteiger partial charge in [0.1, 0.15) is 41.0 Å². The van der Waals surface area contributed by atoms with Gasteiger partial charge in [-0.05, 0) is 56.2 Å². The highest BCUT2D eigenvalue weighted by Crippen LogP contribution is 2.31. The Morgan fingerprint density at radius 3 is 1.58 bits per heavy atom. The Bertz CT molecular complexity index is 2650. The van der Waals surface area contributed by atoms with E-state index in [2.05, 4.69) is 20.8 Å². The fourth-order valence-corrected chi connectivity index (χ4v) is 8.62. The molecule has 6 heterocycles. The minimum absolute atomic E-state index is 0.0851. The van der Waals surface area contributed by atoms with Crippen LogP contribution in [0.4, 0.5) is 29.7 Å². The maximum absolute atomic E-state index is 13.4. The molecule has 2 atom stereocenters. The Morgan fingerprint density at radius 1 is 0.739 bits per heavy atom. The molecular formula is C46H54Cl2F2N10O9. The number of rotatable bonds is 9. The molecule has 0 saturated carbocycles. The lowest BCUT2D eigenvalue weighted by Crippen LogP contribution is -2.39. The lowest BCUT2D eigenvalue weighted by atomic mass is 9.87. The molecule has 6 amide bonds. The Morgan fingerprint density at radius 2 is 1.17 bits per heavy atom. The fraction of sp³-hybridized carbons (Fsp3) is 0.478. The quantitative estimate of drug-likeness (QED) is 0.163. The smallest absolute Gasteiger partial charge is 0.322 e. The third-order valence-electron chi connectivity index (χ3n) is 12.0. The maximum atomic E-state index is 13.4. The minimum Gasteiger partial charge on any atom is -0.466 e. The van der Waals surface area contributed by atoms with E-state index in [0.29, 0.717) is 92.2 Å². The molecule has 0 spiro atoms. The number of anilines is 2. The zero-order valence-electron chi connectivity index (χ0n) is 39.1. The van der Waals surface area contributed by atoms with E-state index in [0.717, 1.165) is 16.5 Å². The maximum Gasteiger partial charge on any atom is 0.322 e. The molecule has 8 rings (SSSR count). The number of ether oxygens (including phenoxy) is 1. The lowest BCUT2D eigenvalue weighted by Gasteiger charge is -2.27. The molecule has 23 heteroatoms. The lowest BCUT2D eigenvalue weighted by molar-refractivity contribution is -0.157. The Balaban J connectivity index is 0.000000204. The van der Waals surface area contributed by atoms with Crippen molar-refractivity contribution < 1.29 is 52.0 Å². The monoisotopic (exact) mass is 998 g/mol. The van der Waals surface area contributed by atoms with Gasteiger partial charge in [-0.2, -0.15) is 10.2 Å². The molecule has 0 fully saturated rings. The predicted octanol–water partition coefficient (Wildman–Crippen LogP) is 7.04. The van der Waals surface area contributed by atoms with Gasteiger partial charge < -0.3 is 25.2 Å². The number of urea groups is 2. The number of nitrogens with one attached hydrogen (secondary N) is 2. The molecule has 0 bridgehead atoms. The summed E-state index contributed by atoms with van der Waals surface area (Å²) in [4.78, 5) is 90.7. The van der Waals surface area contributed by atoms with Crippen LogP contribution >= 0.6 is 23.2 Å². The van der Waals surface area contributed by atoms with Gasteiger partial charge in [-0.1, -0.05) is 44.0 Å². The SMILES string of the molecule is CCOC(=O)CCC1Cn2nc3c(c2C(=O)N(C)O1)CN(C(=O)Nc1ccc(F)c(Cl)c1)CC3.CN1OC(CCC(=O)C(C)(C)C)Cn2nc3c(c2C1=O)CN(C(=O)Nc1ccc(F)c(Cl)c1)CC3. The first-order valence-electron chi connectivity index (χ1n) is 22.5. The van der Waals surface area contributed by atoms with E-state index >= 15 is 0 Å². The van der Waals surface area contributed by atoms with Crippen molar-refractivity contribution in [2.75, 3.05) is 44.4 Å². The molecule has 19 nitrogen and oxygen atoms in total. The van der Waals surface area contributed by atoms with Crippen LogP contribution < -0.4 is 10.6 Å². The second kappa shape index (κ2) is 21.2. The summed E-state index contributed by atoms with van der Waals surface area (Å²) >= 11 is 11.6. The molecule has 4 aliphatic rings. The van der Waals surface area contributed by atoms with Gasteiger partial charge in [-0.15, -0.1) is 0 Å². The van der Waals surface area contributed by atoms with Gasteiger partial charge in [-0.3, -0.25) is 38.2 Å². The van der Waals surface area contributed by atoms with Crippen LogP contribution in [0.1, 0.15) is 96.9 Å². The van der Waals surface area contributed by atoms with Crippen LogP contribution in [0.5, 0.6) is 0 Å². The molecule has 370 valence electrons. The van der Waals surface area contributed by atoms with Crippen molar-refractivity contribution in [2.45, 2.75) is 105 Å². The van der Waals surface area contributed by atoms with Crippen molar-refractivity contribution >= 4 is 70.2 Å². The number of aromatic nitrogens is 4. The van der Waals surface area contributed by atoms with Crippen LogP contribution in [-0.2, 0) is 63.0 Å². The first-order valence-corrected chi connectivity index (χ1v) is 23.2. The van der Waals surface area contributed by atoms with E-state index in [9.17, 15) is 37.5 Å². The predicted molar refractivity (Wildman–Crippen MR) is 247 cm³/mol. The number of ketones is 1. The number of carbonyl (C=O) groups is 6. The van der Waals surface area contributed by atoms with Gasteiger partial charge in [0.05, 0.1) is 54.2 Å².